The zero-order valence-corrected chi connectivity index (χ0v) is 9.76. The van der Waals surface area contributed by atoms with Crippen LogP contribution in [0.5, 0.6) is 0 Å². The normalized spacial score (nSPS) is 16.9. The maximum atomic E-state index is 11.5. The lowest BCUT2D eigenvalue weighted by Gasteiger charge is -2.09. The van der Waals surface area contributed by atoms with Gasteiger partial charge in [0, 0.05) is 11.6 Å². The molecule has 86 valence electrons. The second-order valence-electron chi connectivity index (χ2n) is 4.29. The molecular weight excluding hydrogens is 224 g/mol. The van der Waals surface area contributed by atoms with Crippen LogP contribution in [0.25, 0.3) is 0 Å². The molecule has 1 amide bonds. The number of rotatable bonds is 4. The Kier molecular flexibility index (Phi) is 3.17. The fourth-order valence-corrected chi connectivity index (χ4v) is 1.64. The van der Waals surface area contributed by atoms with Crippen LogP contribution in [0.4, 0.5) is 0 Å². The van der Waals surface area contributed by atoms with Crippen molar-refractivity contribution >= 4 is 17.5 Å². The highest BCUT2D eigenvalue weighted by Crippen LogP contribution is 2.31. The first-order chi connectivity index (χ1) is 7.60. The number of carbonyl (C=O) groups is 1. The van der Waals surface area contributed by atoms with Crippen LogP contribution in [0.1, 0.15) is 18.4 Å². The first-order valence-electron chi connectivity index (χ1n) is 5.42. The summed E-state index contributed by atoms with van der Waals surface area (Å²) in [5.41, 5.74) is 6.35. The van der Waals surface area contributed by atoms with E-state index in [2.05, 4.69) is 5.32 Å². The van der Waals surface area contributed by atoms with E-state index in [1.807, 2.05) is 24.3 Å². The van der Waals surface area contributed by atoms with Crippen LogP contribution in [-0.4, -0.2) is 18.0 Å². The van der Waals surface area contributed by atoms with Gasteiger partial charge in [0.2, 0.25) is 5.91 Å². The summed E-state index contributed by atoms with van der Waals surface area (Å²) in [6, 6.07) is 7.63. The van der Waals surface area contributed by atoms with Crippen LogP contribution in [0.3, 0.4) is 0 Å². The molecule has 3 N–H and O–H groups in total. The lowest BCUT2D eigenvalue weighted by molar-refractivity contribution is -0.123. The molecule has 4 heteroatoms. The molecule has 0 aliphatic heterocycles. The summed E-state index contributed by atoms with van der Waals surface area (Å²) >= 11 is 5.78. The van der Waals surface area contributed by atoms with Crippen LogP contribution >= 0.6 is 11.6 Å². The van der Waals surface area contributed by atoms with E-state index in [-0.39, 0.29) is 5.91 Å². The van der Waals surface area contributed by atoms with E-state index in [1.165, 1.54) is 0 Å². The highest BCUT2D eigenvalue weighted by atomic mass is 35.5. The van der Waals surface area contributed by atoms with Crippen molar-refractivity contribution in [3.8, 4) is 0 Å². The lowest BCUT2D eigenvalue weighted by Crippen LogP contribution is -2.43. The molecule has 1 saturated carbocycles. The minimum Gasteiger partial charge on any atom is -0.354 e. The molecule has 0 atom stereocenters. The summed E-state index contributed by atoms with van der Waals surface area (Å²) in [6.07, 6.45) is 2.42. The van der Waals surface area contributed by atoms with Crippen LogP contribution < -0.4 is 11.1 Å². The van der Waals surface area contributed by atoms with Gasteiger partial charge in [-0.15, -0.1) is 0 Å². The van der Waals surface area contributed by atoms with Gasteiger partial charge in [0.15, 0.2) is 0 Å². The molecule has 1 aliphatic carbocycles. The van der Waals surface area contributed by atoms with Gasteiger partial charge in [0.05, 0.1) is 5.54 Å². The largest absolute Gasteiger partial charge is 0.354 e. The second-order valence-corrected chi connectivity index (χ2v) is 4.72. The summed E-state index contributed by atoms with van der Waals surface area (Å²) in [6.45, 7) is 0.624. The van der Waals surface area contributed by atoms with Crippen molar-refractivity contribution in [2.24, 2.45) is 5.73 Å². The highest BCUT2D eigenvalue weighted by Gasteiger charge is 2.45. The molecule has 1 fully saturated rings. The maximum absolute atomic E-state index is 11.5. The van der Waals surface area contributed by atoms with Gasteiger partial charge < -0.3 is 11.1 Å². The van der Waals surface area contributed by atoms with E-state index in [4.69, 9.17) is 17.3 Å². The highest BCUT2D eigenvalue weighted by molar-refractivity contribution is 6.30. The standard InChI is InChI=1S/C12H15ClN2O/c13-10-3-1-9(2-4-10)5-8-15-11(16)12(14)6-7-12/h1-4H,5-8,14H2,(H,15,16). The minimum atomic E-state index is -0.569. The van der Waals surface area contributed by atoms with Crippen molar-refractivity contribution in [1.82, 2.24) is 5.32 Å². The fourth-order valence-electron chi connectivity index (χ4n) is 1.51. The summed E-state index contributed by atoms with van der Waals surface area (Å²) in [5.74, 6) is -0.0264. The van der Waals surface area contributed by atoms with Gasteiger partial charge in [-0.1, -0.05) is 23.7 Å². The first kappa shape index (κ1) is 11.4. The molecule has 0 bridgehead atoms. The topological polar surface area (TPSA) is 55.1 Å². The zero-order valence-electron chi connectivity index (χ0n) is 9.00. The average Bonchev–Trinajstić information content (AvgIpc) is 3.01. The van der Waals surface area contributed by atoms with Crippen molar-refractivity contribution < 1.29 is 4.79 Å². The predicted molar refractivity (Wildman–Crippen MR) is 64.3 cm³/mol. The van der Waals surface area contributed by atoms with Crippen molar-refractivity contribution in [3.63, 3.8) is 0 Å². The van der Waals surface area contributed by atoms with Gasteiger partial charge in [-0.2, -0.15) is 0 Å². The number of benzene rings is 1. The molecular formula is C12H15ClN2O. The summed E-state index contributed by atoms with van der Waals surface area (Å²) < 4.78 is 0. The zero-order chi connectivity index (χ0) is 11.6. The van der Waals surface area contributed by atoms with Gasteiger partial charge in [0.1, 0.15) is 0 Å². The third kappa shape index (κ3) is 2.74. The summed E-state index contributed by atoms with van der Waals surface area (Å²) in [4.78, 5) is 11.5. The molecule has 0 unspecified atom stereocenters. The molecule has 1 aromatic carbocycles. The maximum Gasteiger partial charge on any atom is 0.240 e. The third-order valence-electron chi connectivity index (χ3n) is 2.85. The lowest BCUT2D eigenvalue weighted by atomic mass is 10.1. The number of nitrogens with one attached hydrogen (secondary N) is 1. The number of amides is 1. The van der Waals surface area contributed by atoms with E-state index < -0.39 is 5.54 Å². The number of halogens is 1. The van der Waals surface area contributed by atoms with Crippen molar-refractivity contribution in [1.29, 1.82) is 0 Å². The van der Waals surface area contributed by atoms with E-state index in [0.717, 1.165) is 29.8 Å². The fraction of sp³-hybridized carbons (Fsp3) is 0.417. The molecule has 0 heterocycles. The Morgan fingerprint density at radius 3 is 2.56 bits per heavy atom. The Bertz CT molecular complexity index is 385. The number of hydrogen-bond acceptors (Lipinski definition) is 2. The first-order valence-corrected chi connectivity index (χ1v) is 5.80. The molecule has 0 radical (unpaired) electrons. The van der Waals surface area contributed by atoms with Crippen LogP contribution in [0.15, 0.2) is 24.3 Å². The van der Waals surface area contributed by atoms with Crippen molar-refractivity contribution in [2.45, 2.75) is 24.8 Å². The number of carbonyl (C=O) groups excluding carboxylic acids is 1. The smallest absolute Gasteiger partial charge is 0.240 e. The molecule has 16 heavy (non-hydrogen) atoms. The molecule has 2 rings (SSSR count). The third-order valence-corrected chi connectivity index (χ3v) is 3.11. The molecule has 0 aromatic heterocycles. The Labute approximate surface area is 100.0 Å². The monoisotopic (exact) mass is 238 g/mol. The van der Waals surface area contributed by atoms with E-state index in [9.17, 15) is 4.79 Å². The average molecular weight is 239 g/mol. The Balaban J connectivity index is 1.75. The van der Waals surface area contributed by atoms with E-state index in [1.54, 1.807) is 0 Å². The van der Waals surface area contributed by atoms with Gasteiger partial charge >= 0.3 is 0 Å². The van der Waals surface area contributed by atoms with Gasteiger partial charge in [-0.05, 0) is 37.0 Å². The summed E-state index contributed by atoms with van der Waals surface area (Å²) in [7, 11) is 0. The molecule has 0 saturated heterocycles. The van der Waals surface area contributed by atoms with Crippen LogP contribution in [0.2, 0.25) is 5.02 Å². The molecule has 3 nitrogen and oxygen atoms in total. The molecule has 1 aliphatic rings. The Morgan fingerprint density at radius 2 is 2.00 bits per heavy atom. The van der Waals surface area contributed by atoms with Crippen molar-refractivity contribution in [2.75, 3.05) is 6.54 Å². The van der Waals surface area contributed by atoms with E-state index >= 15 is 0 Å². The Morgan fingerprint density at radius 1 is 1.38 bits per heavy atom. The summed E-state index contributed by atoms with van der Waals surface area (Å²) in [5, 5.41) is 3.58. The number of hydrogen-bond donors (Lipinski definition) is 2. The van der Waals surface area contributed by atoms with E-state index in [0.29, 0.717) is 6.54 Å². The Hall–Kier alpha value is -1.06. The van der Waals surface area contributed by atoms with Crippen LogP contribution in [0, 0.1) is 0 Å². The number of nitrogens with two attached hydrogens (primary N) is 1. The minimum absolute atomic E-state index is 0.0264. The molecule has 1 aromatic rings. The van der Waals surface area contributed by atoms with Gasteiger partial charge in [0.25, 0.3) is 0 Å². The van der Waals surface area contributed by atoms with Gasteiger partial charge in [-0.25, -0.2) is 0 Å². The quantitative estimate of drug-likeness (QED) is 0.835. The SMILES string of the molecule is NC1(C(=O)NCCc2ccc(Cl)cc2)CC1. The van der Waals surface area contributed by atoms with Gasteiger partial charge in [-0.3, -0.25) is 4.79 Å². The molecule has 0 spiro atoms. The van der Waals surface area contributed by atoms with Crippen molar-refractivity contribution in [3.05, 3.63) is 34.9 Å². The predicted octanol–water partition coefficient (Wildman–Crippen LogP) is 1.49. The van der Waals surface area contributed by atoms with Crippen LogP contribution in [-0.2, 0) is 11.2 Å². The second kappa shape index (κ2) is 4.44.